The van der Waals surface area contributed by atoms with Crippen molar-refractivity contribution in [1.29, 1.82) is 0 Å². The van der Waals surface area contributed by atoms with E-state index in [-0.39, 0.29) is 0 Å². The van der Waals surface area contributed by atoms with Gasteiger partial charge >= 0.3 is 0 Å². The SMILES string of the molecule is COCCN(c1ccc(N)cn1)C(C)C1CC1. The second-order valence-corrected chi connectivity index (χ2v) is 4.71. The molecular formula is C13H21N3O. The van der Waals surface area contributed by atoms with Gasteiger partial charge in [-0.3, -0.25) is 0 Å². The van der Waals surface area contributed by atoms with Crippen LogP contribution < -0.4 is 10.6 Å². The molecule has 1 fully saturated rings. The molecule has 1 heterocycles. The number of methoxy groups -OCH3 is 1. The number of hydrogen-bond acceptors (Lipinski definition) is 4. The van der Waals surface area contributed by atoms with Crippen LogP contribution in [0.15, 0.2) is 18.3 Å². The maximum atomic E-state index is 5.67. The highest BCUT2D eigenvalue weighted by atomic mass is 16.5. The maximum Gasteiger partial charge on any atom is 0.128 e. The molecule has 0 saturated heterocycles. The molecule has 94 valence electrons. The van der Waals surface area contributed by atoms with Crippen molar-refractivity contribution >= 4 is 11.5 Å². The summed E-state index contributed by atoms with van der Waals surface area (Å²) in [5, 5.41) is 0. The number of nitrogen functional groups attached to an aromatic ring is 1. The Balaban J connectivity index is 2.10. The Morgan fingerprint density at radius 1 is 1.53 bits per heavy atom. The number of pyridine rings is 1. The summed E-state index contributed by atoms with van der Waals surface area (Å²) in [6, 6.07) is 4.42. The normalized spacial score (nSPS) is 16.8. The van der Waals surface area contributed by atoms with E-state index in [2.05, 4.69) is 16.8 Å². The number of ether oxygens (including phenoxy) is 1. The van der Waals surface area contributed by atoms with Gasteiger partial charge in [-0.25, -0.2) is 4.98 Å². The summed E-state index contributed by atoms with van der Waals surface area (Å²) in [7, 11) is 1.73. The van der Waals surface area contributed by atoms with Crippen molar-refractivity contribution in [1.82, 2.24) is 4.98 Å². The number of nitrogens with two attached hydrogens (primary N) is 1. The fraction of sp³-hybridized carbons (Fsp3) is 0.615. The van der Waals surface area contributed by atoms with Crippen molar-refractivity contribution in [3.8, 4) is 0 Å². The number of anilines is 2. The minimum absolute atomic E-state index is 0.529. The molecule has 2 rings (SSSR count). The van der Waals surface area contributed by atoms with Crippen LogP contribution in [-0.4, -0.2) is 31.3 Å². The van der Waals surface area contributed by atoms with Gasteiger partial charge < -0.3 is 15.4 Å². The van der Waals surface area contributed by atoms with Crippen molar-refractivity contribution in [2.45, 2.75) is 25.8 Å². The number of rotatable bonds is 6. The highest BCUT2D eigenvalue weighted by molar-refractivity contribution is 5.46. The van der Waals surface area contributed by atoms with Crippen molar-refractivity contribution in [2.24, 2.45) is 5.92 Å². The zero-order chi connectivity index (χ0) is 12.3. The molecule has 0 radical (unpaired) electrons. The van der Waals surface area contributed by atoms with E-state index in [1.807, 2.05) is 12.1 Å². The van der Waals surface area contributed by atoms with Gasteiger partial charge in [0, 0.05) is 19.7 Å². The average molecular weight is 235 g/mol. The molecule has 4 nitrogen and oxygen atoms in total. The lowest BCUT2D eigenvalue weighted by atomic mass is 10.2. The summed E-state index contributed by atoms with van der Waals surface area (Å²) in [6.07, 6.45) is 4.38. The van der Waals surface area contributed by atoms with Gasteiger partial charge in [0.15, 0.2) is 0 Å². The molecule has 1 aliphatic rings. The highest BCUT2D eigenvalue weighted by Crippen LogP contribution is 2.36. The Labute approximate surface area is 103 Å². The zero-order valence-corrected chi connectivity index (χ0v) is 10.6. The minimum Gasteiger partial charge on any atom is -0.397 e. The van der Waals surface area contributed by atoms with E-state index in [0.29, 0.717) is 11.7 Å². The Bertz CT molecular complexity index is 348. The van der Waals surface area contributed by atoms with Crippen molar-refractivity contribution in [3.63, 3.8) is 0 Å². The fourth-order valence-electron chi connectivity index (χ4n) is 2.12. The van der Waals surface area contributed by atoms with E-state index in [0.717, 1.165) is 24.9 Å². The molecule has 2 N–H and O–H groups in total. The predicted octanol–water partition coefficient (Wildman–Crippen LogP) is 1.92. The van der Waals surface area contributed by atoms with Crippen LogP contribution in [0.1, 0.15) is 19.8 Å². The van der Waals surface area contributed by atoms with Gasteiger partial charge in [-0.15, -0.1) is 0 Å². The molecule has 0 aliphatic heterocycles. The summed E-state index contributed by atoms with van der Waals surface area (Å²) in [5.74, 6) is 1.81. The van der Waals surface area contributed by atoms with Crippen LogP contribution in [0.25, 0.3) is 0 Å². The summed E-state index contributed by atoms with van der Waals surface area (Å²) in [6.45, 7) is 3.87. The van der Waals surface area contributed by atoms with E-state index < -0.39 is 0 Å². The molecule has 1 unspecified atom stereocenters. The van der Waals surface area contributed by atoms with Crippen molar-refractivity contribution in [2.75, 3.05) is 30.9 Å². The first-order valence-electron chi connectivity index (χ1n) is 6.19. The minimum atomic E-state index is 0.529. The first-order valence-corrected chi connectivity index (χ1v) is 6.19. The summed E-state index contributed by atoms with van der Waals surface area (Å²) in [5.41, 5.74) is 6.38. The summed E-state index contributed by atoms with van der Waals surface area (Å²) < 4.78 is 5.17. The second kappa shape index (κ2) is 5.36. The summed E-state index contributed by atoms with van der Waals surface area (Å²) >= 11 is 0. The lowest BCUT2D eigenvalue weighted by Gasteiger charge is -2.30. The van der Waals surface area contributed by atoms with Crippen LogP contribution in [0.2, 0.25) is 0 Å². The van der Waals surface area contributed by atoms with E-state index in [4.69, 9.17) is 10.5 Å². The molecule has 1 saturated carbocycles. The van der Waals surface area contributed by atoms with Crippen LogP contribution in [0.3, 0.4) is 0 Å². The van der Waals surface area contributed by atoms with Gasteiger partial charge in [-0.05, 0) is 37.8 Å². The van der Waals surface area contributed by atoms with Gasteiger partial charge in [-0.2, -0.15) is 0 Å². The molecule has 4 heteroatoms. The molecule has 1 atom stereocenters. The Morgan fingerprint density at radius 3 is 2.82 bits per heavy atom. The predicted molar refractivity (Wildman–Crippen MR) is 70.1 cm³/mol. The number of hydrogen-bond donors (Lipinski definition) is 1. The van der Waals surface area contributed by atoms with Gasteiger partial charge in [0.1, 0.15) is 5.82 Å². The second-order valence-electron chi connectivity index (χ2n) is 4.71. The van der Waals surface area contributed by atoms with Crippen LogP contribution in [-0.2, 0) is 4.74 Å². The molecule has 1 aromatic heterocycles. The quantitative estimate of drug-likeness (QED) is 0.818. The Morgan fingerprint density at radius 2 is 2.29 bits per heavy atom. The topological polar surface area (TPSA) is 51.4 Å². The third-order valence-electron chi connectivity index (χ3n) is 3.40. The van der Waals surface area contributed by atoms with Crippen LogP contribution in [0.5, 0.6) is 0 Å². The molecule has 0 spiro atoms. The molecule has 17 heavy (non-hydrogen) atoms. The molecular weight excluding hydrogens is 214 g/mol. The average Bonchev–Trinajstić information content (AvgIpc) is 3.15. The van der Waals surface area contributed by atoms with E-state index >= 15 is 0 Å². The number of aromatic nitrogens is 1. The maximum absolute atomic E-state index is 5.67. The van der Waals surface area contributed by atoms with Gasteiger partial charge in [0.05, 0.1) is 18.5 Å². The summed E-state index contributed by atoms with van der Waals surface area (Å²) in [4.78, 5) is 6.73. The largest absolute Gasteiger partial charge is 0.397 e. The molecule has 1 aliphatic carbocycles. The van der Waals surface area contributed by atoms with E-state index in [9.17, 15) is 0 Å². The van der Waals surface area contributed by atoms with Crippen molar-refractivity contribution in [3.05, 3.63) is 18.3 Å². The molecule has 1 aromatic rings. The number of nitrogens with zero attached hydrogens (tertiary/aromatic N) is 2. The first-order chi connectivity index (χ1) is 8.22. The highest BCUT2D eigenvalue weighted by Gasteiger charge is 2.32. The Hall–Kier alpha value is -1.29. The molecule has 0 amide bonds. The van der Waals surface area contributed by atoms with Crippen LogP contribution >= 0.6 is 0 Å². The first kappa shape index (κ1) is 12.2. The monoisotopic (exact) mass is 235 g/mol. The van der Waals surface area contributed by atoms with E-state index in [1.165, 1.54) is 12.8 Å². The third-order valence-corrected chi connectivity index (χ3v) is 3.40. The molecule has 0 aromatic carbocycles. The standard InChI is InChI=1S/C13H21N3O/c1-10(11-3-4-11)16(7-8-17-2)13-6-5-12(14)9-15-13/h5-6,9-11H,3-4,7-8,14H2,1-2H3. The van der Waals surface area contributed by atoms with Gasteiger partial charge in [-0.1, -0.05) is 0 Å². The van der Waals surface area contributed by atoms with Gasteiger partial charge in [0.2, 0.25) is 0 Å². The molecule has 0 bridgehead atoms. The lowest BCUT2D eigenvalue weighted by Crippen LogP contribution is -2.37. The third kappa shape index (κ3) is 3.09. The fourth-order valence-corrected chi connectivity index (χ4v) is 2.12. The smallest absolute Gasteiger partial charge is 0.128 e. The van der Waals surface area contributed by atoms with Crippen LogP contribution in [0, 0.1) is 5.92 Å². The van der Waals surface area contributed by atoms with E-state index in [1.54, 1.807) is 13.3 Å². The van der Waals surface area contributed by atoms with Crippen LogP contribution in [0.4, 0.5) is 11.5 Å². The van der Waals surface area contributed by atoms with Gasteiger partial charge in [0.25, 0.3) is 0 Å². The Kier molecular flexibility index (Phi) is 3.84. The van der Waals surface area contributed by atoms with Crippen molar-refractivity contribution < 1.29 is 4.74 Å². The zero-order valence-electron chi connectivity index (χ0n) is 10.6. The lowest BCUT2D eigenvalue weighted by molar-refractivity contribution is 0.202.